The summed E-state index contributed by atoms with van der Waals surface area (Å²) in [5, 5.41) is 7.16. The number of nitrogens with zero attached hydrogens (tertiary/aromatic N) is 2. The van der Waals surface area contributed by atoms with E-state index >= 15 is 0 Å². The molecule has 4 rings (SSSR count). The van der Waals surface area contributed by atoms with Crippen LogP contribution in [0.1, 0.15) is 12.5 Å². The minimum Gasteiger partial charge on any atom is -0.492 e. The first kappa shape index (κ1) is 18.5. The molecular formula is C20H18FN3O3S. The highest BCUT2D eigenvalue weighted by molar-refractivity contribution is 8.16. The predicted octanol–water partition coefficient (Wildman–Crippen LogP) is 3.54. The Balaban J connectivity index is 1.33. The van der Waals surface area contributed by atoms with Crippen LogP contribution in [0, 0.1) is 5.82 Å². The zero-order valence-electron chi connectivity index (χ0n) is 15.1. The van der Waals surface area contributed by atoms with Gasteiger partial charge in [-0.1, -0.05) is 12.1 Å². The average Bonchev–Trinajstić information content (AvgIpc) is 3.15. The predicted molar refractivity (Wildman–Crippen MR) is 105 cm³/mol. The number of imide groups is 1. The summed E-state index contributed by atoms with van der Waals surface area (Å²) in [7, 11) is 0. The van der Waals surface area contributed by atoms with Crippen molar-refractivity contribution in [2.24, 2.45) is 0 Å². The fourth-order valence-electron chi connectivity index (χ4n) is 3.13. The quantitative estimate of drug-likeness (QED) is 0.686. The molecule has 0 spiro atoms. The summed E-state index contributed by atoms with van der Waals surface area (Å²) in [6, 6.07) is 12.0. The Bertz CT molecular complexity index is 1050. The lowest BCUT2D eigenvalue weighted by molar-refractivity contribution is -0.121. The van der Waals surface area contributed by atoms with Crippen molar-refractivity contribution < 1.29 is 18.7 Å². The number of carbonyl (C=O) groups excluding carboxylic acids is 2. The smallest absolute Gasteiger partial charge is 0.286 e. The molecule has 1 fully saturated rings. The minimum absolute atomic E-state index is 0.255. The Morgan fingerprint density at radius 2 is 2.00 bits per heavy atom. The van der Waals surface area contributed by atoms with Gasteiger partial charge in [-0.15, -0.1) is 0 Å². The molecule has 2 aromatic carbocycles. The second-order valence-electron chi connectivity index (χ2n) is 6.84. The van der Waals surface area contributed by atoms with Crippen molar-refractivity contribution in [3.8, 4) is 5.75 Å². The largest absolute Gasteiger partial charge is 0.492 e. The Morgan fingerprint density at radius 3 is 2.71 bits per heavy atom. The number of fused-ring (bicyclic) bond motifs is 1. The van der Waals surface area contributed by atoms with Gasteiger partial charge in [-0.3, -0.25) is 19.6 Å². The number of halogens is 1. The summed E-state index contributed by atoms with van der Waals surface area (Å²) >= 11 is 1.02. The molecule has 8 heteroatoms. The van der Waals surface area contributed by atoms with E-state index in [-0.39, 0.29) is 17.0 Å². The first-order valence-electron chi connectivity index (χ1n) is 8.80. The van der Waals surface area contributed by atoms with Gasteiger partial charge < -0.3 is 4.74 Å². The molecule has 1 aliphatic rings. The Labute approximate surface area is 165 Å². The molecule has 1 saturated heterocycles. The minimum atomic E-state index is -0.777. The molecule has 2 amide bonds. The van der Waals surface area contributed by atoms with E-state index in [9.17, 15) is 14.0 Å². The highest BCUT2D eigenvalue weighted by Gasteiger charge is 2.43. The lowest BCUT2D eigenvalue weighted by atomic mass is 9.99. The normalized spacial score (nSPS) is 19.2. The molecule has 0 bridgehead atoms. The number of benzene rings is 2. The molecule has 3 aromatic rings. The highest BCUT2D eigenvalue weighted by atomic mass is 32.2. The molecule has 1 aliphatic heterocycles. The van der Waals surface area contributed by atoms with E-state index in [2.05, 4.69) is 10.4 Å². The monoisotopic (exact) mass is 399 g/mol. The third kappa shape index (κ3) is 3.87. The molecule has 0 radical (unpaired) electrons. The van der Waals surface area contributed by atoms with E-state index in [1.807, 2.05) is 24.3 Å². The summed E-state index contributed by atoms with van der Waals surface area (Å²) in [5.74, 6) is 0.167. The van der Waals surface area contributed by atoms with E-state index in [0.717, 1.165) is 28.2 Å². The van der Waals surface area contributed by atoms with E-state index in [1.54, 1.807) is 23.9 Å². The molecule has 1 unspecified atom stereocenters. The molecule has 28 heavy (non-hydrogen) atoms. The lowest BCUT2D eigenvalue weighted by Gasteiger charge is -2.18. The first-order chi connectivity index (χ1) is 13.4. The lowest BCUT2D eigenvalue weighted by Crippen LogP contribution is -2.35. The van der Waals surface area contributed by atoms with E-state index in [4.69, 9.17) is 4.74 Å². The topological polar surface area (TPSA) is 73.2 Å². The molecule has 6 nitrogen and oxygen atoms in total. The van der Waals surface area contributed by atoms with Crippen molar-refractivity contribution in [1.82, 2.24) is 15.1 Å². The average molecular weight is 399 g/mol. The Kier molecular flexibility index (Phi) is 4.80. The van der Waals surface area contributed by atoms with Gasteiger partial charge in [0, 0.05) is 11.6 Å². The van der Waals surface area contributed by atoms with Gasteiger partial charge in [0.15, 0.2) is 0 Å². The maximum Gasteiger partial charge on any atom is 0.286 e. The second-order valence-corrected chi connectivity index (χ2v) is 8.31. The molecule has 0 saturated carbocycles. The summed E-state index contributed by atoms with van der Waals surface area (Å²) in [6.45, 7) is 2.72. The zero-order chi connectivity index (χ0) is 19.7. The number of amides is 2. The van der Waals surface area contributed by atoms with Crippen LogP contribution >= 0.6 is 11.8 Å². The van der Waals surface area contributed by atoms with E-state index in [0.29, 0.717) is 25.3 Å². The van der Waals surface area contributed by atoms with Crippen LogP contribution in [-0.2, 0) is 17.8 Å². The van der Waals surface area contributed by atoms with Crippen molar-refractivity contribution >= 4 is 33.8 Å². The summed E-state index contributed by atoms with van der Waals surface area (Å²) in [5.41, 5.74) is 1.69. The number of ether oxygens (including phenoxy) is 1. The van der Waals surface area contributed by atoms with Crippen LogP contribution in [0.5, 0.6) is 5.75 Å². The second kappa shape index (κ2) is 7.27. The van der Waals surface area contributed by atoms with Crippen molar-refractivity contribution in [2.75, 3.05) is 6.61 Å². The maximum absolute atomic E-state index is 13.2. The number of hydrogen-bond donors (Lipinski definition) is 1. The third-order valence-corrected chi connectivity index (χ3v) is 5.65. The van der Waals surface area contributed by atoms with Crippen molar-refractivity contribution in [3.63, 3.8) is 0 Å². The van der Waals surface area contributed by atoms with Gasteiger partial charge in [0.05, 0.1) is 12.1 Å². The van der Waals surface area contributed by atoms with Crippen LogP contribution in [0.15, 0.2) is 48.7 Å². The third-order valence-electron chi connectivity index (χ3n) is 4.58. The maximum atomic E-state index is 13.2. The standard InChI is InChI=1S/C20H18FN3O3S/c1-20(18(25)22-19(26)28-20)11-13-2-5-16(6-3-13)27-9-8-24-12-14-10-15(21)4-7-17(14)23-24/h2-7,10,12H,8-9,11H2,1H3,(H,22,25,26). The zero-order valence-corrected chi connectivity index (χ0v) is 16.0. The van der Waals surface area contributed by atoms with Crippen LogP contribution in [0.2, 0.25) is 0 Å². The van der Waals surface area contributed by atoms with Crippen molar-refractivity contribution in [1.29, 1.82) is 0 Å². The molecule has 2 heterocycles. The van der Waals surface area contributed by atoms with E-state index < -0.39 is 4.75 Å². The van der Waals surface area contributed by atoms with Gasteiger partial charge in [-0.2, -0.15) is 5.10 Å². The number of thioether (sulfide) groups is 1. The van der Waals surface area contributed by atoms with Crippen LogP contribution in [0.3, 0.4) is 0 Å². The van der Waals surface area contributed by atoms with Crippen molar-refractivity contribution in [3.05, 3.63) is 60.0 Å². The highest BCUT2D eigenvalue weighted by Crippen LogP contribution is 2.34. The van der Waals surface area contributed by atoms with Crippen LogP contribution in [0.4, 0.5) is 9.18 Å². The van der Waals surface area contributed by atoms with Gasteiger partial charge in [0.1, 0.15) is 22.9 Å². The SMILES string of the molecule is CC1(Cc2ccc(OCCn3cc4cc(F)ccc4n3)cc2)SC(=O)NC1=O. The van der Waals surface area contributed by atoms with Gasteiger partial charge in [-0.05, 0) is 61.0 Å². The van der Waals surface area contributed by atoms with Gasteiger partial charge in [0.25, 0.3) is 5.24 Å². The summed E-state index contributed by atoms with van der Waals surface area (Å²) < 4.78 is 19.9. The Hall–Kier alpha value is -2.87. The number of rotatable bonds is 6. The van der Waals surface area contributed by atoms with Gasteiger partial charge in [0.2, 0.25) is 5.91 Å². The molecule has 1 N–H and O–H groups in total. The molecule has 1 aromatic heterocycles. The molecule has 0 aliphatic carbocycles. The van der Waals surface area contributed by atoms with Gasteiger partial charge >= 0.3 is 0 Å². The number of nitrogens with one attached hydrogen (secondary N) is 1. The van der Waals surface area contributed by atoms with Crippen LogP contribution < -0.4 is 10.1 Å². The van der Waals surface area contributed by atoms with Gasteiger partial charge in [-0.25, -0.2) is 4.39 Å². The fraction of sp³-hybridized carbons (Fsp3) is 0.250. The summed E-state index contributed by atoms with van der Waals surface area (Å²) in [4.78, 5) is 23.3. The molecule has 144 valence electrons. The van der Waals surface area contributed by atoms with Crippen LogP contribution in [-0.4, -0.2) is 32.3 Å². The number of hydrogen-bond acceptors (Lipinski definition) is 5. The fourth-order valence-corrected chi connectivity index (χ4v) is 4.07. The van der Waals surface area contributed by atoms with Crippen LogP contribution in [0.25, 0.3) is 10.9 Å². The first-order valence-corrected chi connectivity index (χ1v) is 9.62. The Morgan fingerprint density at radius 1 is 1.21 bits per heavy atom. The molecular weight excluding hydrogens is 381 g/mol. The van der Waals surface area contributed by atoms with E-state index in [1.165, 1.54) is 12.1 Å². The summed E-state index contributed by atoms with van der Waals surface area (Å²) in [6.07, 6.45) is 2.25. The van der Waals surface area contributed by atoms with Crippen molar-refractivity contribution in [2.45, 2.75) is 24.6 Å². The number of aromatic nitrogens is 2. The number of carbonyl (C=O) groups is 2. The molecule has 1 atom stereocenters.